The maximum absolute atomic E-state index is 13.8. The summed E-state index contributed by atoms with van der Waals surface area (Å²) in [6.07, 6.45) is 1.54. The Bertz CT molecular complexity index is 632. The molecule has 0 heterocycles. The number of halogens is 1. The fraction of sp³-hybridized carbons (Fsp3) is 0.562. The minimum Gasteiger partial charge on any atom is -0.353 e. The number of benzene rings is 1. The van der Waals surface area contributed by atoms with Crippen molar-refractivity contribution in [2.45, 2.75) is 39.7 Å². The fourth-order valence-corrected chi connectivity index (χ4v) is 2.96. The molecule has 1 aromatic carbocycles. The summed E-state index contributed by atoms with van der Waals surface area (Å²) in [5, 5.41) is 2.86. The number of carbonyl (C=O) groups excluding carboxylic acids is 1. The number of nitrogens with zero attached hydrogens (tertiary/aromatic N) is 1. The number of para-hydroxylation sites is 1. The number of nitrogens with one attached hydrogen (secondary N) is 1. The first-order valence-corrected chi connectivity index (χ1v) is 9.49. The normalized spacial score (nSPS) is 13.0. The lowest BCUT2D eigenvalue weighted by molar-refractivity contribution is -0.122. The molecule has 0 aliphatic carbocycles. The second-order valence-electron chi connectivity index (χ2n) is 5.99. The first kappa shape index (κ1) is 19.4. The van der Waals surface area contributed by atoms with Gasteiger partial charge in [-0.3, -0.25) is 9.10 Å². The molecule has 1 amide bonds. The molecule has 0 aromatic heterocycles. The van der Waals surface area contributed by atoms with Crippen LogP contribution in [0.25, 0.3) is 0 Å². The summed E-state index contributed by atoms with van der Waals surface area (Å²) >= 11 is 0. The summed E-state index contributed by atoms with van der Waals surface area (Å²) in [6, 6.07) is 5.76. The lowest BCUT2D eigenvalue weighted by Crippen LogP contribution is -2.37. The molecule has 0 saturated carbocycles. The van der Waals surface area contributed by atoms with Crippen LogP contribution < -0.4 is 9.62 Å². The highest BCUT2D eigenvalue weighted by Gasteiger charge is 2.20. The number of hydrogen-bond donors (Lipinski definition) is 1. The SMILES string of the molecule is CC(C)C(C)NC(=O)CCCN(c1ccccc1F)S(C)(=O)=O. The van der Waals surface area contributed by atoms with Crippen molar-refractivity contribution in [2.24, 2.45) is 5.92 Å². The van der Waals surface area contributed by atoms with Gasteiger partial charge in [-0.2, -0.15) is 0 Å². The quantitative estimate of drug-likeness (QED) is 0.788. The van der Waals surface area contributed by atoms with Gasteiger partial charge in [0, 0.05) is 19.0 Å². The highest BCUT2D eigenvalue weighted by molar-refractivity contribution is 7.92. The van der Waals surface area contributed by atoms with Crippen molar-refractivity contribution in [1.82, 2.24) is 5.32 Å². The van der Waals surface area contributed by atoms with E-state index in [0.29, 0.717) is 12.3 Å². The van der Waals surface area contributed by atoms with E-state index in [1.165, 1.54) is 18.2 Å². The van der Waals surface area contributed by atoms with E-state index in [9.17, 15) is 17.6 Å². The Kier molecular flexibility index (Phi) is 7.00. The van der Waals surface area contributed by atoms with Crippen LogP contribution in [-0.4, -0.2) is 33.2 Å². The molecule has 5 nitrogen and oxygen atoms in total. The summed E-state index contributed by atoms with van der Waals surface area (Å²) in [5.41, 5.74) is 0.00552. The molecule has 7 heteroatoms. The molecule has 1 N–H and O–H groups in total. The van der Waals surface area contributed by atoms with Crippen molar-refractivity contribution in [2.75, 3.05) is 17.1 Å². The van der Waals surface area contributed by atoms with Crippen LogP contribution in [0.15, 0.2) is 24.3 Å². The van der Waals surface area contributed by atoms with Gasteiger partial charge < -0.3 is 5.32 Å². The second-order valence-corrected chi connectivity index (χ2v) is 7.90. The van der Waals surface area contributed by atoms with Gasteiger partial charge in [0.05, 0.1) is 11.9 Å². The zero-order chi connectivity index (χ0) is 17.6. The first-order valence-electron chi connectivity index (χ1n) is 7.64. The minimum absolute atomic E-state index is 0.00552. The minimum atomic E-state index is -3.61. The van der Waals surface area contributed by atoms with E-state index in [1.54, 1.807) is 6.07 Å². The van der Waals surface area contributed by atoms with Crippen LogP contribution in [0.4, 0.5) is 10.1 Å². The predicted molar refractivity (Wildman–Crippen MR) is 90.3 cm³/mol. The predicted octanol–water partition coefficient (Wildman–Crippen LogP) is 2.53. The van der Waals surface area contributed by atoms with Crippen molar-refractivity contribution in [1.29, 1.82) is 0 Å². The van der Waals surface area contributed by atoms with Crippen LogP contribution in [0.1, 0.15) is 33.6 Å². The standard InChI is InChI=1S/C16H25FN2O3S/c1-12(2)13(3)18-16(20)10-7-11-19(23(4,21)22)15-9-6-5-8-14(15)17/h5-6,8-9,12-13H,7,10-11H2,1-4H3,(H,18,20). The van der Waals surface area contributed by atoms with Gasteiger partial charge in [-0.15, -0.1) is 0 Å². The second kappa shape index (κ2) is 8.29. The lowest BCUT2D eigenvalue weighted by atomic mass is 10.1. The molecule has 0 saturated heterocycles. The molecule has 1 aromatic rings. The number of rotatable bonds is 8. The highest BCUT2D eigenvalue weighted by atomic mass is 32.2. The Hall–Kier alpha value is -1.63. The van der Waals surface area contributed by atoms with E-state index in [2.05, 4.69) is 5.32 Å². The average Bonchev–Trinajstić information content (AvgIpc) is 2.43. The maximum Gasteiger partial charge on any atom is 0.232 e. The van der Waals surface area contributed by atoms with E-state index < -0.39 is 15.8 Å². The zero-order valence-corrected chi connectivity index (χ0v) is 14.9. The Morgan fingerprint density at radius 3 is 2.39 bits per heavy atom. The van der Waals surface area contributed by atoms with E-state index >= 15 is 0 Å². The molecule has 1 unspecified atom stereocenters. The van der Waals surface area contributed by atoms with Gasteiger partial charge in [-0.1, -0.05) is 26.0 Å². The molecule has 1 atom stereocenters. The first-order chi connectivity index (χ1) is 10.6. The highest BCUT2D eigenvalue weighted by Crippen LogP contribution is 2.21. The number of hydrogen-bond acceptors (Lipinski definition) is 3. The molecule has 23 heavy (non-hydrogen) atoms. The zero-order valence-electron chi connectivity index (χ0n) is 14.0. The molecule has 0 aliphatic rings. The Morgan fingerprint density at radius 1 is 1.26 bits per heavy atom. The Labute approximate surface area is 137 Å². The van der Waals surface area contributed by atoms with E-state index in [-0.39, 0.29) is 30.6 Å². The Balaban J connectivity index is 2.68. The Morgan fingerprint density at radius 2 is 1.87 bits per heavy atom. The lowest BCUT2D eigenvalue weighted by Gasteiger charge is -2.23. The summed E-state index contributed by atoms with van der Waals surface area (Å²) < 4.78 is 38.6. The van der Waals surface area contributed by atoms with Gasteiger partial charge >= 0.3 is 0 Å². The topological polar surface area (TPSA) is 66.5 Å². The van der Waals surface area contributed by atoms with Crippen molar-refractivity contribution in [3.63, 3.8) is 0 Å². The average molecular weight is 344 g/mol. The van der Waals surface area contributed by atoms with Crippen LogP contribution in [0.2, 0.25) is 0 Å². The summed E-state index contributed by atoms with van der Waals surface area (Å²) in [5.74, 6) is -0.408. The van der Waals surface area contributed by atoms with Gasteiger partial charge in [0.1, 0.15) is 5.82 Å². The monoisotopic (exact) mass is 344 g/mol. The fourth-order valence-electron chi connectivity index (χ4n) is 1.99. The van der Waals surface area contributed by atoms with Gasteiger partial charge in [-0.25, -0.2) is 12.8 Å². The molecule has 0 fully saturated rings. The van der Waals surface area contributed by atoms with Crippen molar-refractivity contribution < 1.29 is 17.6 Å². The number of anilines is 1. The van der Waals surface area contributed by atoms with Gasteiger partial charge in [-0.05, 0) is 31.4 Å². The molecule has 0 bridgehead atoms. The van der Waals surface area contributed by atoms with Crippen molar-refractivity contribution >= 4 is 21.6 Å². The largest absolute Gasteiger partial charge is 0.353 e. The molecular formula is C16H25FN2O3S. The molecule has 1 rings (SSSR count). The van der Waals surface area contributed by atoms with Crippen LogP contribution in [0.3, 0.4) is 0 Å². The van der Waals surface area contributed by atoms with Crippen molar-refractivity contribution in [3.8, 4) is 0 Å². The van der Waals surface area contributed by atoms with Gasteiger partial charge in [0.2, 0.25) is 15.9 Å². The third-order valence-electron chi connectivity index (χ3n) is 3.68. The smallest absolute Gasteiger partial charge is 0.232 e. The molecule has 0 radical (unpaired) electrons. The summed E-state index contributed by atoms with van der Waals surface area (Å²) in [7, 11) is -3.61. The van der Waals surface area contributed by atoms with Gasteiger partial charge in [0.15, 0.2) is 0 Å². The van der Waals surface area contributed by atoms with E-state index in [1.807, 2.05) is 20.8 Å². The summed E-state index contributed by atoms with van der Waals surface area (Å²) in [4.78, 5) is 11.8. The van der Waals surface area contributed by atoms with Crippen LogP contribution in [-0.2, 0) is 14.8 Å². The number of carbonyl (C=O) groups is 1. The molecule has 0 aliphatic heterocycles. The number of amides is 1. The molecular weight excluding hydrogens is 319 g/mol. The van der Waals surface area contributed by atoms with Crippen LogP contribution >= 0.6 is 0 Å². The third kappa shape index (κ3) is 6.17. The van der Waals surface area contributed by atoms with Crippen LogP contribution in [0.5, 0.6) is 0 Å². The van der Waals surface area contributed by atoms with E-state index in [0.717, 1.165) is 10.6 Å². The third-order valence-corrected chi connectivity index (χ3v) is 4.86. The number of sulfonamides is 1. The maximum atomic E-state index is 13.8. The molecule has 130 valence electrons. The molecule has 0 spiro atoms. The van der Waals surface area contributed by atoms with Gasteiger partial charge in [0.25, 0.3) is 0 Å². The van der Waals surface area contributed by atoms with Crippen molar-refractivity contribution in [3.05, 3.63) is 30.1 Å². The van der Waals surface area contributed by atoms with Crippen LogP contribution in [0, 0.1) is 11.7 Å². The summed E-state index contributed by atoms with van der Waals surface area (Å²) in [6.45, 7) is 6.00. The van der Waals surface area contributed by atoms with E-state index in [4.69, 9.17) is 0 Å².